The number of hydrogen-bond acceptors (Lipinski definition) is 3. The Balaban J connectivity index is 1.81. The summed E-state index contributed by atoms with van der Waals surface area (Å²) >= 11 is 6.08. The van der Waals surface area contributed by atoms with Crippen LogP contribution in [0.1, 0.15) is 52.0 Å². The Hall–Kier alpha value is -2.33. The van der Waals surface area contributed by atoms with Crippen LogP contribution in [0.4, 0.5) is 4.79 Å². The van der Waals surface area contributed by atoms with Crippen LogP contribution in [0.3, 0.4) is 0 Å². The number of benzene rings is 2. The molecule has 0 aromatic heterocycles. The minimum absolute atomic E-state index is 0.0256. The summed E-state index contributed by atoms with van der Waals surface area (Å²) in [6, 6.07) is 16.2. The van der Waals surface area contributed by atoms with Crippen LogP contribution in [0.15, 0.2) is 48.5 Å². The molecule has 0 saturated carbocycles. The van der Waals surface area contributed by atoms with Gasteiger partial charge in [-0.2, -0.15) is 0 Å². The molecular weight excluding hydrogens is 396 g/mol. The average molecular weight is 427 g/mol. The summed E-state index contributed by atoms with van der Waals surface area (Å²) in [6.07, 6.45) is 1.47. The first-order chi connectivity index (χ1) is 14.2. The first kappa shape index (κ1) is 22.4. The number of piperidine rings is 1. The summed E-state index contributed by atoms with van der Waals surface area (Å²) < 4.78 is 5.53. The Labute approximate surface area is 184 Å². The highest BCUT2D eigenvalue weighted by atomic mass is 35.5. The fourth-order valence-electron chi connectivity index (χ4n) is 4.24. The van der Waals surface area contributed by atoms with Crippen LogP contribution in [-0.4, -0.2) is 35.4 Å². The van der Waals surface area contributed by atoms with Crippen molar-refractivity contribution >= 4 is 23.4 Å². The summed E-state index contributed by atoms with van der Waals surface area (Å²) in [5.41, 5.74) is 3.59. The number of carbonyl (C=O) groups is 1. The third-order valence-corrected chi connectivity index (χ3v) is 5.83. The maximum absolute atomic E-state index is 12.4. The van der Waals surface area contributed by atoms with Crippen LogP contribution in [0, 0.1) is 11.3 Å². The van der Waals surface area contributed by atoms with Gasteiger partial charge in [-0.1, -0.05) is 48.0 Å². The van der Waals surface area contributed by atoms with Crippen LogP contribution in [0.2, 0.25) is 5.02 Å². The van der Waals surface area contributed by atoms with Gasteiger partial charge in [-0.25, -0.2) is 4.79 Å². The fraction of sp³-hybridized carbons (Fsp3) is 0.440. The largest absolute Gasteiger partial charge is 0.444 e. The van der Waals surface area contributed by atoms with E-state index >= 15 is 0 Å². The molecular formula is C25H31ClN2O2. The Morgan fingerprint density at radius 2 is 1.70 bits per heavy atom. The number of ether oxygens (including phenoxy) is 1. The molecule has 1 N–H and O–H groups in total. The van der Waals surface area contributed by atoms with Gasteiger partial charge in [0.25, 0.3) is 0 Å². The number of hydrogen-bond donors (Lipinski definition) is 1. The highest BCUT2D eigenvalue weighted by molar-refractivity contribution is 6.30. The fourth-order valence-corrected chi connectivity index (χ4v) is 4.37. The van der Waals surface area contributed by atoms with Crippen molar-refractivity contribution in [3.8, 4) is 11.1 Å². The highest BCUT2D eigenvalue weighted by Crippen LogP contribution is 2.39. The minimum Gasteiger partial charge on any atom is -0.444 e. The lowest BCUT2D eigenvalue weighted by Crippen LogP contribution is -2.43. The molecule has 1 atom stereocenters. The number of rotatable bonds is 4. The highest BCUT2D eigenvalue weighted by Gasteiger charge is 2.33. The summed E-state index contributed by atoms with van der Waals surface area (Å²) in [7, 11) is 0. The standard InChI is InChI=1S/C25H31ClN2O2/c1-17(27)23(19-13-15-28(16-14-19)24(29)30-25(2,3)4)22-8-6-5-7-21(22)18-9-11-20(26)12-10-18/h5-12,19,23,27H,13-16H2,1-4H3/t23-/m0/s1. The molecule has 0 aliphatic carbocycles. The summed E-state index contributed by atoms with van der Waals surface area (Å²) in [4.78, 5) is 14.2. The number of nitrogens with one attached hydrogen (secondary N) is 1. The number of halogens is 1. The van der Waals surface area contributed by atoms with E-state index in [0.29, 0.717) is 29.7 Å². The third kappa shape index (κ3) is 5.42. The van der Waals surface area contributed by atoms with Gasteiger partial charge in [-0.15, -0.1) is 0 Å². The predicted octanol–water partition coefficient (Wildman–Crippen LogP) is 6.78. The first-order valence-corrected chi connectivity index (χ1v) is 10.9. The normalized spacial score (nSPS) is 16.2. The quantitative estimate of drug-likeness (QED) is 0.548. The SMILES string of the molecule is CC(=N)[C@H](c1ccccc1-c1ccc(Cl)cc1)C1CCN(C(=O)OC(C)(C)C)CC1. The van der Waals surface area contributed by atoms with Gasteiger partial charge in [0.1, 0.15) is 5.60 Å². The van der Waals surface area contributed by atoms with E-state index in [-0.39, 0.29) is 12.0 Å². The van der Waals surface area contributed by atoms with Gasteiger partial charge in [0.15, 0.2) is 0 Å². The van der Waals surface area contributed by atoms with Crippen molar-refractivity contribution < 1.29 is 9.53 Å². The van der Waals surface area contributed by atoms with E-state index in [0.717, 1.165) is 24.0 Å². The molecule has 0 bridgehead atoms. The molecule has 1 saturated heterocycles. The van der Waals surface area contributed by atoms with E-state index in [1.54, 1.807) is 4.90 Å². The van der Waals surface area contributed by atoms with Crippen LogP contribution in [0.5, 0.6) is 0 Å². The monoisotopic (exact) mass is 426 g/mol. The van der Waals surface area contributed by atoms with E-state index in [1.807, 2.05) is 64.1 Å². The van der Waals surface area contributed by atoms with Gasteiger partial charge >= 0.3 is 6.09 Å². The predicted molar refractivity (Wildman–Crippen MR) is 124 cm³/mol. The second-order valence-corrected chi connectivity index (χ2v) is 9.50. The molecule has 2 aromatic rings. The lowest BCUT2D eigenvalue weighted by atomic mass is 9.75. The Bertz CT molecular complexity index is 894. The second kappa shape index (κ2) is 9.22. The van der Waals surface area contributed by atoms with E-state index in [2.05, 4.69) is 12.1 Å². The van der Waals surface area contributed by atoms with Crippen molar-refractivity contribution in [1.29, 1.82) is 5.41 Å². The molecule has 2 aromatic carbocycles. The lowest BCUT2D eigenvalue weighted by Gasteiger charge is -2.37. The molecule has 4 nitrogen and oxygen atoms in total. The number of amides is 1. The van der Waals surface area contributed by atoms with Gasteiger partial charge in [0.2, 0.25) is 0 Å². The van der Waals surface area contributed by atoms with Gasteiger partial charge in [0, 0.05) is 29.7 Å². The molecule has 1 aliphatic heterocycles. The molecule has 160 valence electrons. The molecule has 30 heavy (non-hydrogen) atoms. The Kier molecular flexibility index (Phi) is 6.87. The maximum atomic E-state index is 12.4. The number of likely N-dealkylation sites (tertiary alicyclic amines) is 1. The Morgan fingerprint density at radius 3 is 2.27 bits per heavy atom. The molecule has 1 amide bonds. The smallest absolute Gasteiger partial charge is 0.410 e. The molecule has 1 fully saturated rings. The van der Waals surface area contributed by atoms with E-state index in [9.17, 15) is 4.79 Å². The van der Waals surface area contributed by atoms with Gasteiger partial charge in [-0.05, 0) is 75.3 Å². The lowest BCUT2D eigenvalue weighted by molar-refractivity contribution is 0.0181. The van der Waals surface area contributed by atoms with Crippen LogP contribution < -0.4 is 0 Å². The molecule has 0 unspecified atom stereocenters. The van der Waals surface area contributed by atoms with Crippen LogP contribution in [-0.2, 0) is 4.74 Å². The molecule has 5 heteroatoms. The van der Waals surface area contributed by atoms with Gasteiger partial charge in [0.05, 0.1) is 0 Å². The van der Waals surface area contributed by atoms with Gasteiger partial charge in [-0.3, -0.25) is 0 Å². The van der Waals surface area contributed by atoms with Crippen molar-refractivity contribution in [3.63, 3.8) is 0 Å². The van der Waals surface area contributed by atoms with Crippen molar-refractivity contribution in [2.45, 2.75) is 52.1 Å². The molecule has 0 spiro atoms. The van der Waals surface area contributed by atoms with Crippen molar-refractivity contribution in [2.75, 3.05) is 13.1 Å². The minimum atomic E-state index is -0.487. The van der Waals surface area contributed by atoms with E-state index < -0.39 is 5.60 Å². The maximum Gasteiger partial charge on any atom is 0.410 e. The molecule has 1 aliphatic rings. The van der Waals surface area contributed by atoms with Crippen LogP contribution in [0.25, 0.3) is 11.1 Å². The molecule has 3 rings (SSSR count). The summed E-state index contributed by atoms with van der Waals surface area (Å²) in [5.74, 6) is 0.340. The van der Waals surface area contributed by atoms with E-state index in [4.69, 9.17) is 21.7 Å². The van der Waals surface area contributed by atoms with Gasteiger partial charge < -0.3 is 15.0 Å². The van der Waals surface area contributed by atoms with Crippen molar-refractivity contribution in [2.24, 2.45) is 5.92 Å². The first-order valence-electron chi connectivity index (χ1n) is 10.5. The third-order valence-electron chi connectivity index (χ3n) is 5.58. The van der Waals surface area contributed by atoms with Crippen LogP contribution >= 0.6 is 11.6 Å². The van der Waals surface area contributed by atoms with E-state index in [1.165, 1.54) is 5.56 Å². The zero-order valence-corrected chi connectivity index (χ0v) is 19.0. The molecule has 1 heterocycles. The average Bonchev–Trinajstić information content (AvgIpc) is 2.68. The zero-order valence-electron chi connectivity index (χ0n) is 18.2. The number of carbonyl (C=O) groups excluding carboxylic acids is 1. The zero-order chi connectivity index (χ0) is 21.9. The van der Waals surface area contributed by atoms with Crippen molar-refractivity contribution in [3.05, 3.63) is 59.1 Å². The number of nitrogens with zero attached hydrogens (tertiary/aromatic N) is 1. The Morgan fingerprint density at radius 1 is 1.10 bits per heavy atom. The molecule has 0 radical (unpaired) electrons. The van der Waals surface area contributed by atoms with Crippen molar-refractivity contribution in [1.82, 2.24) is 4.90 Å². The topological polar surface area (TPSA) is 53.4 Å². The summed E-state index contributed by atoms with van der Waals surface area (Å²) in [6.45, 7) is 8.88. The second-order valence-electron chi connectivity index (χ2n) is 9.06. The summed E-state index contributed by atoms with van der Waals surface area (Å²) in [5, 5.41) is 9.26.